The monoisotopic (exact) mass is 267 g/mol. The number of benzene rings is 1. The van der Waals surface area contributed by atoms with Gasteiger partial charge in [0.25, 0.3) is 0 Å². The Bertz CT molecular complexity index is 727. The van der Waals surface area contributed by atoms with Gasteiger partial charge < -0.3 is 5.32 Å². The van der Waals surface area contributed by atoms with Crippen molar-refractivity contribution in [3.63, 3.8) is 0 Å². The van der Waals surface area contributed by atoms with E-state index in [0.717, 1.165) is 41.3 Å². The van der Waals surface area contributed by atoms with E-state index in [0.29, 0.717) is 0 Å². The molecule has 0 fully saturated rings. The van der Waals surface area contributed by atoms with E-state index in [-0.39, 0.29) is 0 Å². The van der Waals surface area contributed by atoms with Gasteiger partial charge in [-0.05, 0) is 26.0 Å². The molecule has 0 aliphatic rings. The van der Waals surface area contributed by atoms with Crippen LogP contribution in [0, 0.1) is 0 Å². The molecule has 0 aliphatic carbocycles. The average molecular weight is 267 g/mol. The smallest absolute Gasteiger partial charge is 0.224 e. The molecule has 2 heterocycles. The summed E-state index contributed by atoms with van der Waals surface area (Å²) in [5.74, 6) is 1.69. The zero-order valence-corrected chi connectivity index (χ0v) is 11.7. The van der Waals surface area contributed by atoms with Crippen LogP contribution in [0.1, 0.15) is 13.8 Å². The molecule has 5 heteroatoms. The maximum absolute atomic E-state index is 4.39. The van der Waals surface area contributed by atoms with Crippen molar-refractivity contribution in [3.8, 4) is 11.4 Å². The molecule has 0 aliphatic heterocycles. The fraction of sp³-hybridized carbons (Fsp3) is 0.267. The van der Waals surface area contributed by atoms with E-state index < -0.39 is 0 Å². The van der Waals surface area contributed by atoms with Crippen LogP contribution in [0.4, 0.5) is 5.95 Å². The van der Waals surface area contributed by atoms with E-state index in [9.17, 15) is 0 Å². The second-order valence-electron chi connectivity index (χ2n) is 4.50. The van der Waals surface area contributed by atoms with Crippen LogP contribution in [0.3, 0.4) is 0 Å². The van der Waals surface area contributed by atoms with Crippen molar-refractivity contribution in [2.75, 3.05) is 11.9 Å². The standard InChI is InChI=1S/C15H17N5/c1-3-16-15-19-18-14(20(15)4-2)12-9-10-17-13-8-6-5-7-11(12)13/h5-10H,3-4H2,1-2H3,(H,16,19). The van der Waals surface area contributed by atoms with E-state index in [1.54, 1.807) is 0 Å². The molecule has 0 atom stereocenters. The topological polar surface area (TPSA) is 55.6 Å². The Morgan fingerprint density at radius 3 is 2.75 bits per heavy atom. The molecule has 2 aromatic heterocycles. The Morgan fingerprint density at radius 1 is 1.10 bits per heavy atom. The molecule has 20 heavy (non-hydrogen) atoms. The number of pyridine rings is 1. The van der Waals surface area contributed by atoms with Crippen molar-refractivity contribution in [2.45, 2.75) is 20.4 Å². The van der Waals surface area contributed by atoms with Crippen molar-refractivity contribution in [3.05, 3.63) is 36.5 Å². The summed E-state index contributed by atoms with van der Waals surface area (Å²) in [6, 6.07) is 10.1. The minimum Gasteiger partial charge on any atom is -0.355 e. The summed E-state index contributed by atoms with van der Waals surface area (Å²) in [6.07, 6.45) is 1.82. The van der Waals surface area contributed by atoms with Gasteiger partial charge in [0.1, 0.15) is 0 Å². The van der Waals surface area contributed by atoms with Crippen LogP contribution < -0.4 is 5.32 Å². The highest BCUT2D eigenvalue weighted by molar-refractivity contribution is 5.92. The van der Waals surface area contributed by atoms with Crippen LogP contribution in [0.2, 0.25) is 0 Å². The molecule has 3 rings (SSSR count). The number of aromatic nitrogens is 4. The van der Waals surface area contributed by atoms with E-state index in [1.165, 1.54) is 0 Å². The highest BCUT2D eigenvalue weighted by atomic mass is 15.3. The summed E-state index contributed by atoms with van der Waals surface area (Å²) in [7, 11) is 0. The van der Waals surface area contributed by atoms with Crippen molar-refractivity contribution < 1.29 is 0 Å². The number of nitrogens with zero attached hydrogens (tertiary/aromatic N) is 4. The summed E-state index contributed by atoms with van der Waals surface area (Å²) in [6.45, 7) is 5.80. The lowest BCUT2D eigenvalue weighted by atomic mass is 10.1. The van der Waals surface area contributed by atoms with E-state index in [4.69, 9.17) is 0 Å². The summed E-state index contributed by atoms with van der Waals surface area (Å²) in [5, 5.41) is 12.9. The fourth-order valence-corrected chi connectivity index (χ4v) is 2.38. The number of para-hydroxylation sites is 1. The van der Waals surface area contributed by atoms with Crippen molar-refractivity contribution >= 4 is 16.9 Å². The minimum absolute atomic E-state index is 0.811. The van der Waals surface area contributed by atoms with Crippen LogP contribution in [0.5, 0.6) is 0 Å². The molecule has 0 saturated carbocycles. The van der Waals surface area contributed by atoms with E-state index in [1.807, 2.05) is 30.5 Å². The molecule has 5 nitrogen and oxygen atoms in total. The lowest BCUT2D eigenvalue weighted by Gasteiger charge is -2.09. The first-order valence-electron chi connectivity index (χ1n) is 6.86. The molecule has 0 spiro atoms. The maximum Gasteiger partial charge on any atom is 0.224 e. The normalized spacial score (nSPS) is 10.9. The minimum atomic E-state index is 0.811. The van der Waals surface area contributed by atoms with Gasteiger partial charge in [-0.15, -0.1) is 10.2 Å². The molecule has 0 radical (unpaired) electrons. The Kier molecular flexibility index (Phi) is 3.33. The number of rotatable bonds is 4. The maximum atomic E-state index is 4.39. The summed E-state index contributed by atoms with van der Waals surface area (Å²) >= 11 is 0. The van der Waals surface area contributed by atoms with Gasteiger partial charge in [0.15, 0.2) is 5.82 Å². The molecule has 0 bridgehead atoms. The van der Waals surface area contributed by atoms with Gasteiger partial charge in [0.2, 0.25) is 5.95 Å². The van der Waals surface area contributed by atoms with Crippen molar-refractivity contribution in [1.82, 2.24) is 19.7 Å². The Hall–Kier alpha value is -2.43. The van der Waals surface area contributed by atoms with Gasteiger partial charge in [-0.3, -0.25) is 9.55 Å². The van der Waals surface area contributed by atoms with Gasteiger partial charge in [0.05, 0.1) is 5.52 Å². The van der Waals surface area contributed by atoms with Gasteiger partial charge in [-0.25, -0.2) is 0 Å². The largest absolute Gasteiger partial charge is 0.355 e. The van der Waals surface area contributed by atoms with E-state index in [2.05, 4.69) is 45.0 Å². The molecule has 0 unspecified atom stereocenters. The number of hydrogen-bond acceptors (Lipinski definition) is 4. The second kappa shape index (κ2) is 5.28. The molecular weight excluding hydrogens is 250 g/mol. The summed E-state index contributed by atoms with van der Waals surface area (Å²) in [5.41, 5.74) is 2.04. The number of hydrogen-bond donors (Lipinski definition) is 1. The summed E-state index contributed by atoms with van der Waals surface area (Å²) < 4.78 is 2.09. The third-order valence-corrected chi connectivity index (χ3v) is 3.29. The molecule has 1 N–H and O–H groups in total. The van der Waals surface area contributed by atoms with Crippen LogP contribution >= 0.6 is 0 Å². The van der Waals surface area contributed by atoms with Crippen LogP contribution in [0.15, 0.2) is 36.5 Å². The predicted octanol–water partition coefficient (Wildman–Crippen LogP) is 2.95. The highest BCUT2D eigenvalue weighted by Crippen LogP contribution is 2.27. The Balaban J connectivity index is 2.21. The molecule has 0 saturated heterocycles. The zero-order valence-electron chi connectivity index (χ0n) is 11.7. The van der Waals surface area contributed by atoms with Crippen molar-refractivity contribution in [2.24, 2.45) is 0 Å². The summed E-state index contributed by atoms with van der Waals surface area (Å²) in [4.78, 5) is 4.39. The lowest BCUT2D eigenvalue weighted by molar-refractivity contribution is 0.771. The number of anilines is 1. The Morgan fingerprint density at radius 2 is 1.95 bits per heavy atom. The van der Waals surface area contributed by atoms with Gasteiger partial charge in [-0.2, -0.15) is 0 Å². The van der Waals surface area contributed by atoms with Crippen molar-refractivity contribution in [1.29, 1.82) is 0 Å². The molecule has 3 aromatic rings. The average Bonchev–Trinajstić information content (AvgIpc) is 2.89. The molecular formula is C15H17N5. The first kappa shape index (κ1) is 12.6. The third kappa shape index (κ3) is 2.01. The van der Waals surface area contributed by atoms with Crippen LogP contribution in [-0.2, 0) is 6.54 Å². The second-order valence-corrected chi connectivity index (χ2v) is 4.50. The van der Waals surface area contributed by atoms with Gasteiger partial charge in [0, 0.05) is 30.2 Å². The fourth-order valence-electron chi connectivity index (χ4n) is 2.38. The van der Waals surface area contributed by atoms with Crippen LogP contribution in [0.25, 0.3) is 22.3 Å². The third-order valence-electron chi connectivity index (χ3n) is 3.29. The first-order valence-corrected chi connectivity index (χ1v) is 6.86. The lowest BCUT2D eigenvalue weighted by Crippen LogP contribution is -2.07. The number of nitrogens with one attached hydrogen (secondary N) is 1. The Labute approximate surface area is 117 Å². The number of fused-ring (bicyclic) bond motifs is 1. The van der Waals surface area contributed by atoms with E-state index >= 15 is 0 Å². The first-order chi connectivity index (χ1) is 9.85. The van der Waals surface area contributed by atoms with Gasteiger partial charge in [-0.1, -0.05) is 18.2 Å². The zero-order chi connectivity index (χ0) is 13.9. The molecule has 0 amide bonds. The van der Waals surface area contributed by atoms with Gasteiger partial charge >= 0.3 is 0 Å². The molecule has 1 aromatic carbocycles. The SMILES string of the molecule is CCNc1nnc(-c2ccnc3ccccc23)n1CC. The molecule has 102 valence electrons. The highest BCUT2D eigenvalue weighted by Gasteiger charge is 2.14. The predicted molar refractivity (Wildman–Crippen MR) is 80.6 cm³/mol. The quantitative estimate of drug-likeness (QED) is 0.789. The van der Waals surface area contributed by atoms with Crippen LogP contribution in [-0.4, -0.2) is 26.3 Å².